The predicted octanol–water partition coefficient (Wildman–Crippen LogP) is 8.77. The Morgan fingerprint density at radius 2 is 1.20 bits per heavy atom. The molecule has 41 heavy (non-hydrogen) atoms. The van der Waals surface area contributed by atoms with Crippen LogP contribution in [0.3, 0.4) is 0 Å². The monoisotopic (exact) mass is 582 g/mol. The maximum atomic E-state index is 11.4. The van der Waals surface area contributed by atoms with Crippen molar-refractivity contribution in [2.24, 2.45) is 0 Å². The zero-order valence-electron chi connectivity index (χ0n) is 27.3. The number of carbonyl (C=O) groups is 1. The quantitative estimate of drug-likeness (QED) is 0.0371. The van der Waals surface area contributed by atoms with E-state index in [0.29, 0.717) is 13.0 Å². The van der Waals surface area contributed by atoms with Gasteiger partial charge in [-0.3, -0.25) is 4.79 Å². The van der Waals surface area contributed by atoms with Crippen LogP contribution >= 0.6 is 0 Å². The minimum Gasteiger partial charge on any atom is -0.466 e. The molecule has 0 atom stereocenters. The van der Waals surface area contributed by atoms with Crippen LogP contribution in [0.2, 0.25) is 0 Å². The second-order valence-electron chi connectivity index (χ2n) is 11.0. The van der Waals surface area contributed by atoms with Crippen molar-refractivity contribution < 1.29 is 24.1 Å². The Kier molecular flexibility index (Phi) is 32.3. The third-order valence-electron chi connectivity index (χ3n) is 7.18. The van der Waals surface area contributed by atoms with Crippen molar-refractivity contribution in [2.75, 3.05) is 46.1 Å². The van der Waals surface area contributed by atoms with Crippen LogP contribution in [0.25, 0.3) is 0 Å². The van der Waals surface area contributed by atoms with Crippen LogP contribution in [0.15, 0.2) is 24.3 Å². The average Bonchev–Trinajstić information content (AvgIpc) is 2.97. The van der Waals surface area contributed by atoms with E-state index >= 15 is 0 Å². The molecule has 0 bridgehead atoms. The fourth-order valence-corrected chi connectivity index (χ4v) is 4.79. The van der Waals surface area contributed by atoms with Gasteiger partial charge < -0.3 is 24.2 Å². The number of allylic oxidation sites excluding steroid dienone is 4. The van der Waals surface area contributed by atoms with Crippen molar-refractivity contribution in [3.05, 3.63) is 24.3 Å². The number of aliphatic hydroxyl groups is 1. The first-order valence-electron chi connectivity index (χ1n) is 17.2. The molecule has 0 heterocycles. The van der Waals surface area contributed by atoms with Crippen LogP contribution in [0, 0.1) is 0 Å². The summed E-state index contributed by atoms with van der Waals surface area (Å²) in [6.45, 7) is 11.3. The fourth-order valence-electron chi connectivity index (χ4n) is 4.79. The van der Waals surface area contributed by atoms with Crippen LogP contribution in [-0.2, 0) is 19.0 Å². The molecule has 6 heteroatoms. The van der Waals surface area contributed by atoms with Crippen molar-refractivity contribution >= 4 is 5.97 Å². The summed E-state index contributed by atoms with van der Waals surface area (Å²) in [4.78, 5) is 13.8. The standard InChI is InChI=1S/C35H67NO5/c1-4-7-9-11-18-24-32-40-35(41-33-25-19-12-10-8-5-2)27-21-14-13-16-22-28-36(30-31-37)29-23-17-15-20-26-34(38)39-6-3/h7-10,35,37H,4-6,11-33H2,1-3H3/b9-7-,10-8-. The molecule has 0 aromatic heterocycles. The third-order valence-corrected chi connectivity index (χ3v) is 7.18. The molecule has 6 nitrogen and oxygen atoms in total. The number of unbranched alkanes of at least 4 members (excludes halogenated alkanes) is 11. The lowest BCUT2D eigenvalue weighted by Crippen LogP contribution is -2.29. The molecular weight excluding hydrogens is 514 g/mol. The number of rotatable bonds is 32. The molecule has 0 aromatic rings. The van der Waals surface area contributed by atoms with Crippen LogP contribution in [-0.4, -0.2) is 68.3 Å². The second-order valence-corrected chi connectivity index (χ2v) is 11.0. The first kappa shape index (κ1) is 39.8. The molecule has 0 saturated heterocycles. The number of carbonyl (C=O) groups excluding carboxylic acids is 1. The molecule has 242 valence electrons. The highest BCUT2D eigenvalue weighted by Gasteiger charge is 2.10. The summed E-state index contributed by atoms with van der Waals surface area (Å²) in [5.41, 5.74) is 0. The van der Waals surface area contributed by atoms with Gasteiger partial charge in [-0.1, -0.05) is 70.3 Å². The van der Waals surface area contributed by atoms with Gasteiger partial charge in [-0.15, -0.1) is 0 Å². The number of nitrogens with zero attached hydrogens (tertiary/aromatic N) is 1. The number of aliphatic hydroxyl groups excluding tert-OH is 1. The van der Waals surface area contributed by atoms with E-state index in [1.54, 1.807) is 0 Å². The first-order chi connectivity index (χ1) is 20.2. The fraction of sp³-hybridized carbons (Fsp3) is 0.857. The minimum absolute atomic E-state index is 0.0651. The SMILES string of the molecule is CC/C=C\CCCCOC(CCCCCCCN(CCO)CCCCCCC(=O)OCC)OCCCC/C=C\CC. The summed E-state index contributed by atoms with van der Waals surface area (Å²) in [6.07, 6.45) is 29.7. The van der Waals surface area contributed by atoms with Crippen molar-refractivity contribution in [3.8, 4) is 0 Å². The summed E-state index contributed by atoms with van der Waals surface area (Å²) in [5, 5.41) is 9.44. The van der Waals surface area contributed by atoms with E-state index < -0.39 is 0 Å². The van der Waals surface area contributed by atoms with E-state index in [1.165, 1.54) is 38.5 Å². The molecule has 0 aliphatic carbocycles. The first-order valence-corrected chi connectivity index (χ1v) is 17.2. The molecular formula is C35H67NO5. The molecule has 1 N–H and O–H groups in total. The molecule has 0 aromatic carbocycles. The van der Waals surface area contributed by atoms with E-state index in [1.807, 2.05) is 6.92 Å². The Morgan fingerprint density at radius 1 is 0.659 bits per heavy atom. The van der Waals surface area contributed by atoms with Gasteiger partial charge in [0.15, 0.2) is 6.29 Å². The van der Waals surface area contributed by atoms with Gasteiger partial charge in [-0.2, -0.15) is 0 Å². The lowest BCUT2D eigenvalue weighted by Gasteiger charge is -2.21. The zero-order chi connectivity index (χ0) is 30.1. The van der Waals surface area contributed by atoms with Crippen molar-refractivity contribution in [1.29, 1.82) is 0 Å². The summed E-state index contributed by atoms with van der Waals surface area (Å²) in [5.74, 6) is -0.0814. The predicted molar refractivity (Wildman–Crippen MR) is 173 cm³/mol. The van der Waals surface area contributed by atoms with E-state index in [2.05, 4.69) is 43.1 Å². The van der Waals surface area contributed by atoms with Gasteiger partial charge in [-0.25, -0.2) is 0 Å². The molecule has 0 aliphatic rings. The average molecular weight is 582 g/mol. The van der Waals surface area contributed by atoms with E-state index in [9.17, 15) is 9.90 Å². The lowest BCUT2D eigenvalue weighted by molar-refractivity contribution is -0.148. The summed E-state index contributed by atoms with van der Waals surface area (Å²) in [7, 11) is 0. The van der Waals surface area contributed by atoms with Gasteiger partial charge in [0.25, 0.3) is 0 Å². The summed E-state index contributed by atoms with van der Waals surface area (Å²) in [6, 6.07) is 0. The summed E-state index contributed by atoms with van der Waals surface area (Å²) >= 11 is 0. The second kappa shape index (κ2) is 33.3. The van der Waals surface area contributed by atoms with E-state index in [0.717, 1.165) is 110 Å². The van der Waals surface area contributed by atoms with Crippen molar-refractivity contribution in [3.63, 3.8) is 0 Å². The molecule has 0 amide bonds. The molecule has 0 spiro atoms. The number of hydrogen-bond acceptors (Lipinski definition) is 6. The molecule has 0 rings (SSSR count). The highest BCUT2D eigenvalue weighted by atomic mass is 16.7. The Morgan fingerprint density at radius 3 is 1.73 bits per heavy atom. The van der Waals surface area contributed by atoms with Crippen LogP contribution in [0.4, 0.5) is 0 Å². The molecule has 0 aliphatic heterocycles. The van der Waals surface area contributed by atoms with Gasteiger partial charge in [0.1, 0.15) is 0 Å². The maximum Gasteiger partial charge on any atom is 0.305 e. The highest BCUT2D eigenvalue weighted by Crippen LogP contribution is 2.14. The van der Waals surface area contributed by atoms with Crippen molar-refractivity contribution in [2.45, 2.75) is 149 Å². The normalized spacial score (nSPS) is 12.0. The number of hydrogen-bond donors (Lipinski definition) is 1. The van der Waals surface area contributed by atoms with E-state index in [-0.39, 0.29) is 18.9 Å². The Balaban J connectivity index is 4.07. The zero-order valence-corrected chi connectivity index (χ0v) is 27.3. The smallest absolute Gasteiger partial charge is 0.305 e. The van der Waals surface area contributed by atoms with E-state index in [4.69, 9.17) is 14.2 Å². The summed E-state index contributed by atoms with van der Waals surface area (Å²) < 4.78 is 17.3. The molecule has 0 saturated carbocycles. The third kappa shape index (κ3) is 30.1. The minimum atomic E-state index is -0.0814. The Labute approximate surface area is 254 Å². The maximum absolute atomic E-state index is 11.4. The Hall–Kier alpha value is -1.21. The van der Waals surface area contributed by atoms with Crippen molar-refractivity contribution in [1.82, 2.24) is 4.90 Å². The molecule has 0 unspecified atom stereocenters. The van der Waals surface area contributed by atoms with Crippen LogP contribution in [0.5, 0.6) is 0 Å². The number of ether oxygens (including phenoxy) is 3. The number of esters is 1. The molecule has 0 fully saturated rings. The van der Waals surface area contributed by atoms with Gasteiger partial charge in [0.05, 0.1) is 13.2 Å². The Bertz CT molecular complexity index is 571. The topological polar surface area (TPSA) is 68.2 Å². The molecule has 0 radical (unpaired) electrons. The van der Waals surface area contributed by atoms with Crippen LogP contribution in [0.1, 0.15) is 143 Å². The van der Waals surface area contributed by atoms with Gasteiger partial charge in [0.2, 0.25) is 0 Å². The highest BCUT2D eigenvalue weighted by molar-refractivity contribution is 5.69. The van der Waals surface area contributed by atoms with Gasteiger partial charge >= 0.3 is 5.97 Å². The van der Waals surface area contributed by atoms with Gasteiger partial charge in [-0.05, 0) is 103 Å². The van der Waals surface area contributed by atoms with Gasteiger partial charge in [0, 0.05) is 26.2 Å². The lowest BCUT2D eigenvalue weighted by atomic mass is 10.1. The van der Waals surface area contributed by atoms with Crippen LogP contribution < -0.4 is 0 Å². The largest absolute Gasteiger partial charge is 0.466 e.